The highest BCUT2D eigenvalue weighted by molar-refractivity contribution is 5.99. The maximum Gasteiger partial charge on any atom is 0.254 e. The Balaban J connectivity index is 0.00000324. The zero-order valence-corrected chi connectivity index (χ0v) is 21.1. The monoisotopic (exact) mass is 476 g/mol. The minimum absolute atomic E-state index is 0. The van der Waals surface area contributed by atoms with Crippen molar-refractivity contribution in [2.75, 3.05) is 52.9 Å². The summed E-state index contributed by atoms with van der Waals surface area (Å²) in [5, 5.41) is 0.900. The van der Waals surface area contributed by atoms with Crippen LogP contribution in [0.4, 0.5) is 0 Å². The van der Waals surface area contributed by atoms with Crippen molar-refractivity contribution < 1.29 is 11.0 Å². The maximum atomic E-state index is 13.4. The second-order valence-electron chi connectivity index (χ2n) is 10.2. The number of aromatic amines is 1. The number of nitrogens with one attached hydrogen (secondary N) is 1. The van der Waals surface area contributed by atoms with Gasteiger partial charge in [0.2, 0.25) is 5.91 Å². The number of H-pyrrole nitrogens is 1. The van der Waals surface area contributed by atoms with E-state index in [0.29, 0.717) is 17.8 Å². The molecule has 0 spiro atoms. The van der Waals surface area contributed by atoms with E-state index in [-0.39, 0.29) is 30.8 Å². The molecule has 4 rings (SSSR count). The number of piperazine rings is 1. The highest BCUT2D eigenvalue weighted by Gasteiger charge is 2.33. The summed E-state index contributed by atoms with van der Waals surface area (Å²) in [7, 11) is 2.18. The van der Waals surface area contributed by atoms with Crippen LogP contribution in [0.5, 0.6) is 0 Å². The number of halogens is 1. The molecule has 2 aliphatic heterocycles. The molecule has 0 bridgehead atoms. The van der Waals surface area contributed by atoms with E-state index in [2.05, 4.69) is 21.8 Å². The molecule has 8 heteroatoms. The summed E-state index contributed by atoms with van der Waals surface area (Å²) in [5.41, 5.74) is 0.795. The number of likely N-dealkylation sites (tertiary alicyclic amines) is 1. The topological polar surface area (TPSA) is 62.9 Å². The molecule has 2 aliphatic rings. The minimum atomic E-state index is -0.492. The first-order valence-electron chi connectivity index (χ1n) is 12.2. The second-order valence-corrected chi connectivity index (χ2v) is 10.2. The Morgan fingerprint density at radius 3 is 2.39 bits per heavy atom. The molecule has 0 radical (unpaired) electrons. The molecule has 1 aromatic heterocycles. The van der Waals surface area contributed by atoms with Crippen LogP contribution in [-0.2, 0) is 4.79 Å². The molecule has 0 unspecified atom stereocenters. The van der Waals surface area contributed by atoms with E-state index in [4.69, 9.17) is 1.37 Å². The SMILES string of the molecule is Cl.[2H]c1cc2ccc(C(=O)N(CC(=O)N3CCN(C4CCN(C)CC4)CC3)C(C)(C)C)cc2[nH]1. The van der Waals surface area contributed by atoms with Gasteiger partial charge < -0.3 is 19.7 Å². The van der Waals surface area contributed by atoms with Crippen LogP contribution >= 0.6 is 12.4 Å². The molecule has 3 heterocycles. The Morgan fingerprint density at radius 1 is 1.09 bits per heavy atom. The number of piperidine rings is 1. The van der Waals surface area contributed by atoms with Gasteiger partial charge in [0, 0.05) is 55.0 Å². The molecule has 2 aromatic rings. The first kappa shape index (κ1) is 24.0. The third kappa shape index (κ3) is 5.89. The number of hydrogen-bond donors (Lipinski definition) is 1. The van der Waals surface area contributed by atoms with Crippen molar-refractivity contribution in [2.45, 2.75) is 45.2 Å². The molecule has 2 amide bonds. The molecule has 0 saturated carbocycles. The van der Waals surface area contributed by atoms with Crippen LogP contribution in [0.3, 0.4) is 0 Å². The number of benzene rings is 1. The summed E-state index contributed by atoms with van der Waals surface area (Å²) in [6, 6.07) is 7.76. The summed E-state index contributed by atoms with van der Waals surface area (Å²) >= 11 is 0. The number of hydrogen-bond acceptors (Lipinski definition) is 4. The molecular formula is C25H38ClN5O2. The number of carbonyl (C=O) groups excluding carboxylic acids is 2. The molecule has 0 atom stereocenters. The predicted molar refractivity (Wildman–Crippen MR) is 135 cm³/mol. The van der Waals surface area contributed by atoms with E-state index in [0.717, 1.165) is 50.2 Å². The molecule has 2 saturated heterocycles. The average molecular weight is 477 g/mol. The molecule has 2 fully saturated rings. The van der Waals surface area contributed by atoms with Crippen molar-refractivity contribution in [1.82, 2.24) is 24.6 Å². The van der Waals surface area contributed by atoms with Crippen molar-refractivity contribution in [3.8, 4) is 0 Å². The minimum Gasteiger partial charge on any atom is -0.361 e. The van der Waals surface area contributed by atoms with Crippen LogP contribution in [0, 0.1) is 0 Å². The van der Waals surface area contributed by atoms with Gasteiger partial charge in [0.25, 0.3) is 5.91 Å². The van der Waals surface area contributed by atoms with E-state index < -0.39 is 5.54 Å². The predicted octanol–water partition coefficient (Wildman–Crippen LogP) is 3.07. The van der Waals surface area contributed by atoms with Crippen molar-refractivity contribution in [3.05, 3.63) is 36.0 Å². The van der Waals surface area contributed by atoms with E-state index in [1.165, 1.54) is 12.8 Å². The normalized spacial score (nSPS) is 19.3. The Bertz CT molecular complexity index is 1000. The highest BCUT2D eigenvalue weighted by atomic mass is 35.5. The smallest absolute Gasteiger partial charge is 0.254 e. The van der Waals surface area contributed by atoms with Gasteiger partial charge in [-0.05, 0) is 77.3 Å². The van der Waals surface area contributed by atoms with Gasteiger partial charge in [0.15, 0.2) is 0 Å². The summed E-state index contributed by atoms with van der Waals surface area (Å²) in [6.45, 7) is 11.5. The van der Waals surface area contributed by atoms with E-state index in [1.807, 2.05) is 31.7 Å². The van der Waals surface area contributed by atoms with Gasteiger partial charge in [-0.15, -0.1) is 12.4 Å². The summed E-state index contributed by atoms with van der Waals surface area (Å²) in [6.07, 6.45) is 2.71. The highest BCUT2D eigenvalue weighted by Crippen LogP contribution is 2.22. The number of nitrogens with zero attached hydrogens (tertiary/aromatic N) is 4. The first-order valence-corrected chi connectivity index (χ1v) is 11.7. The zero-order chi connectivity index (χ0) is 23.8. The van der Waals surface area contributed by atoms with Crippen molar-refractivity contribution in [3.63, 3.8) is 0 Å². The van der Waals surface area contributed by atoms with Gasteiger partial charge in [-0.25, -0.2) is 0 Å². The first-order chi connectivity index (χ1) is 15.6. The third-order valence-corrected chi connectivity index (χ3v) is 6.95. The average Bonchev–Trinajstić information content (AvgIpc) is 3.16. The maximum absolute atomic E-state index is 13.4. The van der Waals surface area contributed by atoms with Crippen molar-refractivity contribution >= 4 is 35.1 Å². The number of rotatable bonds is 4. The van der Waals surface area contributed by atoms with Gasteiger partial charge in [-0.2, -0.15) is 0 Å². The van der Waals surface area contributed by atoms with E-state index in [9.17, 15) is 9.59 Å². The molecule has 1 N–H and O–H groups in total. The van der Waals surface area contributed by atoms with Gasteiger partial charge in [0.1, 0.15) is 6.54 Å². The fraction of sp³-hybridized carbons (Fsp3) is 0.600. The van der Waals surface area contributed by atoms with Gasteiger partial charge in [0.05, 0.1) is 1.37 Å². The van der Waals surface area contributed by atoms with E-state index >= 15 is 0 Å². The number of aromatic nitrogens is 1. The lowest BCUT2D eigenvalue weighted by Gasteiger charge is -2.43. The van der Waals surface area contributed by atoms with Crippen LogP contribution < -0.4 is 0 Å². The Labute approximate surface area is 204 Å². The van der Waals surface area contributed by atoms with Crippen LogP contribution in [0.2, 0.25) is 0 Å². The van der Waals surface area contributed by atoms with Crippen LogP contribution in [0.1, 0.15) is 45.3 Å². The van der Waals surface area contributed by atoms with Crippen LogP contribution in [0.25, 0.3) is 10.9 Å². The fourth-order valence-electron chi connectivity index (χ4n) is 4.82. The Kier molecular flexibility index (Phi) is 7.62. The summed E-state index contributed by atoms with van der Waals surface area (Å²) in [4.78, 5) is 38.1. The summed E-state index contributed by atoms with van der Waals surface area (Å²) in [5.74, 6) is -0.153. The zero-order valence-electron chi connectivity index (χ0n) is 21.3. The molecule has 33 heavy (non-hydrogen) atoms. The van der Waals surface area contributed by atoms with E-state index in [1.54, 1.807) is 23.1 Å². The standard InChI is InChI=1S/C25H37N5O2.ClH/c1-25(2,3)30(24(32)20-6-5-19-7-10-26-22(19)17-20)18-23(31)29-15-13-28(14-16-29)21-8-11-27(4)12-9-21;/h5-7,10,17,21,26H,8-9,11-16,18H2,1-4H3;1H/i10D;. The number of amides is 2. The van der Waals surface area contributed by atoms with Crippen molar-refractivity contribution in [1.29, 1.82) is 0 Å². The lowest BCUT2D eigenvalue weighted by atomic mass is 10.0. The number of fused-ring (bicyclic) bond motifs is 1. The van der Waals surface area contributed by atoms with Gasteiger partial charge in [-0.1, -0.05) is 6.07 Å². The number of carbonyl (C=O) groups is 2. The fourth-order valence-corrected chi connectivity index (χ4v) is 4.82. The second kappa shape index (κ2) is 10.5. The molecule has 7 nitrogen and oxygen atoms in total. The van der Waals surface area contributed by atoms with Gasteiger partial charge >= 0.3 is 0 Å². The van der Waals surface area contributed by atoms with Gasteiger partial charge in [-0.3, -0.25) is 14.5 Å². The molecule has 1 aromatic carbocycles. The van der Waals surface area contributed by atoms with Crippen LogP contribution in [-0.4, -0.2) is 101 Å². The summed E-state index contributed by atoms with van der Waals surface area (Å²) < 4.78 is 7.77. The molecule has 182 valence electrons. The largest absolute Gasteiger partial charge is 0.361 e. The van der Waals surface area contributed by atoms with Crippen molar-refractivity contribution in [2.24, 2.45) is 0 Å². The van der Waals surface area contributed by atoms with Crippen LogP contribution in [0.15, 0.2) is 30.4 Å². The lowest BCUT2D eigenvalue weighted by Crippen LogP contribution is -2.57. The third-order valence-electron chi connectivity index (χ3n) is 6.95. The Morgan fingerprint density at radius 2 is 1.76 bits per heavy atom. The lowest BCUT2D eigenvalue weighted by molar-refractivity contribution is -0.135. The molecule has 0 aliphatic carbocycles. The quantitative estimate of drug-likeness (QED) is 0.736. The molecular weight excluding hydrogens is 438 g/mol. The Hall–Kier alpha value is -2.09.